The van der Waals surface area contributed by atoms with Gasteiger partial charge in [-0.05, 0) is 32.0 Å². The number of carbonyl (C=O) groups is 1. The molecule has 1 aliphatic rings. The van der Waals surface area contributed by atoms with Gasteiger partial charge < -0.3 is 14.6 Å². The van der Waals surface area contributed by atoms with Gasteiger partial charge in [-0.1, -0.05) is 0 Å². The fourth-order valence-electron chi connectivity index (χ4n) is 1.75. The number of hydrogen-bond donors (Lipinski definition) is 1. The smallest absolute Gasteiger partial charge is 0.289 e. The van der Waals surface area contributed by atoms with Gasteiger partial charge in [0.2, 0.25) is 0 Å². The molecule has 0 aromatic carbocycles. The molecule has 2 heterocycles. The summed E-state index contributed by atoms with van der Waals surface area (Å²) in [7, 11) is 0. The maximum Gasteiger partial charge on any atom is 0.289 e. The van der Waals surface area contributed by atoms with Crippen LogP contribution in [0.3, 0.4) is 0 Å². The predicted molar refractivity (Wildman–Crippen MR) is 64.1 cm³/mol. The Morgan fingerprint density at radius 2 is 2.19 bits per heavy atom. The third-order valence-electron chi connectivity index (χ3n) is 2.58. The van der Waals surface area contributed by atoms with Crippen molar-refractivity contribution in [3.8, 4) is 0 Å². The lowest BCUT2D eigenvalue weighted by molar-refractivity contribution is 0.0733. The van der Waals surface area contributed by atoms with Crippen molar-refractivity contribution >= 4 is 18.3 Å². The molecule has 1 saturated heterocycles. The monoisotopic (exact) mass is 244 g/mol. The molecule has 1 fully saturated rings. The zero-order chi connectivity index (χ0) is 10.7. The Balaban J connectivity index is 0.00000128. The van der Waals surface area contributed by atoms with Crippen LogP contribution in [0.5, 0.6) is 0 Å². The Morgan fingerprint density at radius 1 is 1.38 bits per heavy atom. The maximum atomic E-state index is 12.0. The van der Waals surface area contributed by atoms with Crippen molar-refractivity contribution in [3.63, 3.8) is 0 Å². The van der Waals surface area contributed by atoms with E-state index in [4.69, 9.17) is 4.42 Å². The van der Waals surface area contributed by atoms with Crippen LogP contribution in [0.4, 0.5) is 0 Å². The first kappa shape index (κ1) is 13.1. The van der Waals surface area contributed by atoms with Crippen molar-refractivity contribution in [1.82, 2.24) is 10.2 Å². The normalized spacial score (nSPS) is 16.4. The van der Waals surface area contributed by atoms with Crippen molar-refractivity contribution in [3.05, 3.63) is 23.7 Å². The van der Waals surface area contributed by atoms with Gasteiger partial charge in [-0.3, -0.25) is 4.79 Å². The number of carbonyl (C=O) groups excluding carboxylic acids is 1. The van der Waals surface area contributed by atoms with E-state index in [0.29, 0.717) is 5.76 Å². The van der Waals surface area contributed by atoms with Crippen molar-refractivity contribution in [2.75, 3.05) is 26.2 Å². The van der Waals surface area contributed by atoms with Crippen LogP contribution in [0.2, 0.25) is 0 Å². The number of amides is 1. The van der Waals surface area contributed by atoms with Gasteiger partial charge in [-0.2, -0.15) is 0 Å². The lowest BCUT2D eigenvalue weighted by atomic mass is 10.3. The first-order chi connectivity index (χ1) is 7.27. The van der Waals surface area contributed by atoms with E-state index in [0.717, 1.165) is 38.4 Å². The molecule has 90 valence electrons. The molecule has 5 heteroatoms. The van der Waals surface area contributed by atoms with E-state index in [1.807, 2.05) is 17.9 Å². The highest BCUT2D eigenvalue weighted by molar-refractivity contribution is 5.91. The molecule has 16 heavy (non-hydrogen) atoms. The Hall–Kier alpha value is -1.00. The summed E-state index contributed by atoms with van der Waals surface area (Å²) in [5, 5.41) is 3.26. The SMILES string of the molecule is Cc1ccc(C(=O)N2CCCNCC2)o1.Cl. The van der Waals surface area contributed by atoms with Gasteiger partial charge in [0.05, 0.1) is 0 Å². The number of rotatable bonds is 1. The van der Waals surface area contributed by atoms with Crippen LogP contribution in [-0.2, 0) is 0 Å². The Kier molecular flexibility index (Phi) is 4.83. The number of aryl methyl sites for hydroxylation is 1. The molecule has 0 atom stereocenters. The first-order valence-corrected chi connectivity index (χ1v) is 5.34. The van der Waals surface area contributed by atoms with Crippen LogP contribution >= 0.6 is 12.4 Å². The molecule has 1 aromatic heterocycles. The molecule has 0 bridgehead atoms. The van der Waals surface area contributed by atoms with Gasteiger partial charge in [-0.15, -0.1) is 12.4 Å². The number of furan rings is 1. The van der Waals surface area contributed by atoms with E-state index in [9.17, 15) is 4.79 Å². The average Bonchev–Trinajstić information content (AvgIpc) is 2.53. The zero-order valence-electron chi connectivity index (χ0n) is 9.36. The summed E-state index contributed by atoms with van der Waals surface area (Å²) >= 11 is 0. The van der Waals surface area contributed by atoms with Gasteiger partial charge in [0.15, 0.2) is 5.76 Å². The molecular weight excluding hydrogens is 228 g/mol. The Morgan fingerprint density at radius 3 is 2.88 bits per heavy atom. The van der Waals surface area contributed by atoms with E-state index < -0.39 is 0 Å². The molecule has 2 rings (SSSR count). The van der Waals surface area contributed by atoms with E-state index in [2.05, 4.69) is 5.32 Å². The minimum absolute atomic E-state index is 0. The van der Waals surface area contributed by atoms with E-state index in [1.54, 1.807) is 6.07 Å². The second kappa shape index (κ2) is 5.92. The summed E-state index contributed by atoms with van der Waals surface area (Å²) in [6.07, 6.45) is 1.01. The average molecular weight is 245 g/mol. The van der Waals surface area contributed by atoms with Crippen LogP contribution in [-0.4, -0.2) is 37.0 Å². The zero-order valence-corrected chi connectivity index (χ0v) is 10.2. The molecule has 0 radical (unpaired) electrons. The fourth-order valence-corrected chi connectivity index (χ4v) is 1.75. The fraction of sp³-hybridized carbons (Fsp3) is 0.545. The number of nitrogens with zero attached hydrogens (tertiary/aromatic N) is 1. The van der Waals surface area contributed by atoms with Gasteiger partial charge in [-0.25, -0.2) is 0 Å². The van der Waals surface area contributed by atoms with Gasteiger partial charge in [0.1, 0.15) is 5.76 Å². The highest BCUT2D eigenvalue weighted by atomic mass is 35.5. The summed E-state index contributed by atoms with van der Waals surface area (Å²) in [5.74, 6) is 1.24. The standard InChI is InChI=1S/C11H16N2O2.ClH/c1-9-3-4-10(15-9)11(14)13-7-2-5-12-6-8-13;/h3-4,12H,2,5-8H2,1H3;1H. The summed E-state index contributed by atoms with van der Waals surface area (Å²) in [5.41, 5.74) is 0. The molecule has 0 spiro atoms. The third-order valence-corrected chi connectivity index (χ3v) is 2.58. The quantitative estimate of drug-likeness (QED) is 0.813. The second-order valence-electron chi connectivity index (χ2n) is 3.81. The molecule has 0 unspecified atom stereocenters. The lowest BCUT2D eigenvalue weighted by Crippen LogP contribution is -2.33. The molecule has 1 aromatic rings. The van der Waals surface area contributed by atoms with E-state index in [1.165, 1.54) is 0 Å². The van der Waals surface area contributed by atoms with Crippen LogP contribution in [0.1, 0.15) is 22.7 Å². The molecule has 1 aliphatic heterocycles. The lowest BCUT2D eigenvalue weighted by Gasteiger charge is -2.18. The minimum Gasteiger partial charge on any atom is -0.456 e. The molecule has 0 aliphatic carbocycles. The predicted octanol–water partition coefficient (Wildman–Crippen LogP) is 1.45. The van der Waals surface area contributed by atoms with Crippen molar-refractivity contribution in [1.29, 1.82) is 0 Å². The van der Waals surface area contributed by atoms with Gasteiger partial charge >= 0.3 is 0 Å². The first-order valence-electron chi connectivity index (χ1n) is 5.34. The van der Waals surface area contributed by atoms with Crippen LogP contribution < -0.4 is 5.32 Å². The molecule has 4 nitrogen and oxygen atoms in total. The van der Waals surface area contributed by atoms with Crippen molar-refractivity contribution in [2.24, 2.45) is 0 Å². The van der Waals surface area contributed by atoms with Gasteiger partial charge in [0, 0.05) is 19.6 Å². The number of hydrogen-bond acceptors (Lipinski definition) is 3. The summed E-state index contributed by atoms with van der Waals surface area (Å²) in [6.45, 7) is 5.28. The van der Waals surface area contributed by atoms with E-state index >= 15 is 0 Å². The largest absolute Gasteiger partial charge is 0.456 e. The Bertz CT molecular complexity index is 344. The van der Waals surface area contributed by atoms with Crippen molar-refractivity contribution < 1.29 is 9.21 Å². The topological polar surface area (TPSA) is 45.5 Å². The third kappa shape index (κ3) is 3.00. The van der Waals surface area contributed by atoms with E-state index in [-0.39, 0.29) is 18.3 Å². The Labute approximate surface area is 101 Å². The number of nitrogens with one attached hydrogen (secondary N) is 1. The summed E-state index contributed by atoms with van der Waals surface area (Å²) in [6, 6.07) is 3.57. The molecular formula is C11H17ClN2O2. The highest BCUT2D eigenvalue weighted by Crippen LogP contribution is 2.10. The molecule has 1 N–H and O–H groups in total. The van der Waals surface area contributed by atoms with Crippen LogP contribution in [0, 0.1) is 6.92 Å². The second-order valence-corrected chi connectivity index (χ2v) is 3.81. The molecule has 0 saturated carbocycles. The van der Waals surface area contributed by atoms with Crippen molar-refractivity contribution in [2.45, 2.75) is 13.3 Å². The molecule has 1 amide bonds. The van der Waals surface area contributed by atoms with Gasteiger partial charge in [0.25, 0.3) is 5.91 Å². The minimum atomic E-state index is 0. The van der Waals surface area contributed by atoms with Crippen LogP contribution in [0.15, 0.2) is 16.5 Å². The summed E-state index contributed by atoms with van der Waals surface area (Å²) < 4.78 is 5.33. The highest BCUT2D eigenvalue weighted by Gasteiger charge is 2.19. The maximum absolute atomic E-state index is 12.0. The summed E-state index contributed by atoms with van der Waals surface area (Å²) in [4.78, 5) is 13.8. The van der Waals surface area contributed by atoms with Crippen LogP contribution in [0.25, 0.3) is 0 Å². The number of halogens is 1.